The Balaban J connectivity index is 2.62. The van der Waals surface area contributed by atoms with Crippen molar-refractivity contribution < 1.29 is 0 Å². The fourth-order valence-corrected chi connectivity index (χ4v) is 1.75. The number of aryl methyl sites for hydroxylation is 2. The second kappa shape index (κ2) is 4.31. The second-order valence-electron chi connectivity index (χ2n) is 3.76. The Morgan fingerprint density at radius 1 is 1.44 bits per heavy atom. The molecule has 3 nitrogen and oxygen atoms in total. The monoisotopic (exact) mass is 214 g/mol. The van der Waals surface area contributed by atoms with Crippen molar-refractivity contribution in [2.75, 3.05) is 0 Å². The first-order valence-corrected chi connectivity index (χ1v) is 5.35. The van der Waals surface area contributed by atoms with Crippen LogP contribution in [0.1, 0.15) is 18.2 Å². The van der Waals surface area contributed by atoms with E-state index in [9.17, 15) is 4.79 Å². The van der Waals surface area contributed by atoms with Crippen molar-refractivity contribution in [3.63, 3.8) is 0 Å². The van der Waals surface area contributed by atoms with Crippen LogP contribution >= 0.6 is 0 Å². The summed E-state index contributed by atoms with van der Waals surface area (Å²) in [5.74, 6) is 0. The zero-order chi connectivity index (χ0) is 11.5. The Morgan fingerprint density at radius 3 is 2.88 bits per heavy atom. The van der Waals surface area contributed by atoms with Crippen LogP contribution in [-0.4, -0.2) is 9.97 Å². The highest BCUT2D eigenvalue weighted by atomic mass is 16.1. The highest BCUT2D eigenvalue weighted by Gasteiger charge is 2.06. The summed E-state index contributed by atoms with van der Waals surface area (Å²) < 4.78 is 0. The van der Waals surface area contributed by atoms with Gasteiger partial charge in [-0.2, -0.15) is 0 Å². The third-order valence-electron chi connectivity index (χ3n) is 2.67. The number of H-pyrrole nitrogens is 1. The van der Waals surface area contributed by atoms with E-state index < -0.39 is 0 Å². The van der Waals surface area contributed by atoms with Crippen LogP contribution in [0.15, 0.2) is 35.4 Å². The van der Waals surface area contributed by atoms with Gasteiger partial charge in [-0.3, -0.25) is 9.78 Å². The van der Waals surface area contributed by atoms with Gasteiger partial charge in [0.25, 0.3) is 5.56 Å². The number of nitrogens with zero attached hydrogens (tertiary/aromatic N) is 1. The van der Waals surface area contributed by atoms with Gasteiger partial charge in [0.1, 0.15) is 0 Å². The van der Waals surface area contributed by atoms with Crippen LogP contribution in [0.25, 0.3) is 11.1 Å². The van der Waals surface area contributed by atoms with Crippen molar-refractivity contribution in [1.82, 2.24) is 9.97 Å². The summed E-state index contributed by atoms with van der Waals surface area (Å²) in [5, 5.41) is 0. The fraction of sp³-hybridized carbons (Fsp3) is 0.231. The van der Waals surface area contributed by atoms with Crippen molar-refractivity contribution in [2.24, 2.45) is 0 Å². The van der Waals surface area contributed by atoms with E-state index in [2.05, 4.69) is 9.97 Å². The third-order valence-corrected chi connectivity index (χ3v) is 2.67. The first-order valence-electron chi connectivity index (χ1n) is 5.35. The molecule has 3 heteroatoms. The molecule has 2 rings (SSSR count). The molecule has 2 aromatic rings. The van der Waals surface area contributed by atoms with Crippen LogP contribution in [0.3, 0.4) is 0 Å². The van der Waals surface area contributed by atoms with E-state index in [0.717, 1.165) is 28.8 Å². The first kappa shape index (κ1) is 10.6. The quantitative estimate of drug-likeness (QED) is 0.833. The van der Waals surface area contributed by atoms with E-state index in [1.807, 2.05) is 32.0 Å². The van der Waals surface area contributed by atoms with Crippen molar-refractivity contribution in [1.29, 1.82) is 0 Å². The van der Waals surface area contributed by atoms with Gasteiger partial charge in [0.05, 0.1) is 0 Å². The maximum absolute atomic E-state index is 11.6. The third kappa shape index (κ3) is 1.89. The lowest BCUT2D eigenvalue weighted by Crippen LogP contribution is -2.13. The van der Waals surface area contributed by atoms with Gasteiger partial charge in [-0.25, -0.2) is 0 Å². The molecule has 1 N–H and O–H groups in total. The highest BCUT2D eigenvalue weighted by Crippen LogP contribution is 2.20. The molecule has 82 valence electrons. The van der Waals surface area contributed by atoms with Crippen LogP contribution in [0.4, 0.5) is 0 Å². The predicted molar refractivity (Wildman–Crippen MR) is 64.4 cm³/mol. The molecule has 0 atom stereocenters. The zero-order valence-electron chi connectivity index (χ0n) is 9.45. The molecule has 0 unspecified atom stereocenters. The van der Waals surface area contributed by atoms with Gasteiger partial charge in [-0.1, -0.05) is 13.0 Å². The molecule has 0 aliphatic carbocycles. The van der Waals surface area contributed by atoms with Crippen LogP contribution in [0.5, 0.6) is 0 Å². The lowest BCUT2D eigenvalue weighted by atomic mass is 10.0. The maximum Gasteiger partial charge on any atom is 0.251 e. The number of rotatable bonds is 2. The molecule has 0 saturated carbocycles. The summed E-state index contributed by atoms with van der Waals surface area (Å²) in [4.78, 5) is 18.5. The SMILES string of the molecule is CCc1cc(-c2cccnc2)c(C)[nH]c1=O. The Hall–Kier alpha value is -1.90. The minimum Gasteiger partial charge on any atom is -0.326 e. The van der Waals surface area contributed by atoms with Crippen LogP contribution in [0, 0.1) is 6.92 Å². The van der Waals surface area contributed by atoms with E-state index >= 15 is 0 Å². The fourth-order valence-electron chi connectivity index (χ4n) is 1.75. The molecule has 0 aromatic carbocycles. The Morgan fingerprint density at radius 2 is 2.25 bits per heavy atom. The van der Waals surface area contributed by atoms with Crippen LogP contribution in [0.2, 0.25) is 0 Å². The molecular formula is C13H14N2O. The average Bonchev–Trinajstić information content (AvgIpc) is 2.30. The number of pyridine rings is 2. The highest BCUT2D eigenvalue weighted by molar-refractivity contribution is 5.65. The van der Waals surface area contributed by atoms with Gasteiger partial charge in [0.2, 0.25) is 0 Å². The molecule has 0 amide bonds. The van der Waals surface area contributed by atoms with Gasteiger partial charge >= 0.3 is 0 Å². The molecule has 2 aromatic heterocycles. The lowest BCUT2D eigenvalue weighted by Gasteiger charge is -2.07. The van der Waals surface area contributed by atoms with Crippen LogP contribution < -0.4 is 5.56 Å². The predicted octanol–water partition coefficient (Wildman–Crippen LogP) is 2.31. The van der Waals surface area contributed by atoms with Crippen LogP contribution in [-0.2, 0) is 6.42 Å². The molecule has 16 heavy (non-hydrogen) atoms. The summed E-state index contributed by atoms with van der Waals surface area (Å²) in [6, 6.07) is 5.84. The minimum atomic E-state index is 0.00707. The van der Waals surface area contributed by atoms with E-state index in [0.29, 0.717) is 0 Å². The number of hydrogen-bond acceptors (Lipinski definition) is 2. The van der Waals surface area contributed by atoms with Gasteiger partial charge in [0, 0.05) is 34.8 Å². The normalized spacial score (nSPS) is 10.4. The largest absolute Gasteiger partial charge is 0.326 e. The Bertz CT molecular complexity index is 544. The molecule has 0 radical (unpaired) electrons. The van der Waals surface area contributed by atoms with Gasteiger partial charge in [0.15, 0.2) is 0 Å². The molecular weight excluding hydrogens is 200 g/mol. The molecule has 0 bridgehead atoms. The number of aromatic amines is 1. The number of nitrogens with one attached hydrogen (secondary N) is 1. The van der Waals surface area contributed by atoms with Crippen molar-refractivity contribution in [3.05, 3.63) is 52.2 Å². The second-order valence-corrected chi connectivity index (χ2v) is 3.76. The van der Waals surface area contributed by atoms with Crippen molar-refractivity contribution in [3.8, 4) is 11.1 Å². The number of aromatic nitrogens is 2. The Kier molecular flexibility index (Phi) is 2.86. The lowest BCUT2D eigenvalue weighted by molar-refractivity contribution is 1.03. The topological polar surface area (TPSA) is 45.8 Å². The summed E-state index contributed by atoms with van der Waals surface area (Å²) in [6.45, 7) is 3.89. The number of hydrogen-bond donors (Lipinski definition) is 1. The molecule has 0 fully saturated rings. The van der Waals surface area contributed by atoms with Gasteiger partial charge < -0.3 is 4.98 Å². The smallest absolute Gasteiger partial charge is 0.251 e. The van der Waals surface area contributed by atoms with E-state index in [1.54, 1.807) is 12.4 Å². The summed E-state index contributed by atoms with van der Waals surface area (Å²) in [5.41, 5.74) is 3.78. The zero-order valence-corrected chi connectivity index (χ0v) is 9.45. The minimum absolute atomic E-state index is 0.00707. The maximum atomic E-state index is 11.6. The van der Waals surface area contributed by atoms with Crippen molar-refractivity contribution in [2.45, 2.75) is 20.3 Å². The molecule has 0 aliphatic heterocycles. The van der Waals surface area contributed by atoms with Gasteiger partial charge in [-0.15, -0.1) is 0 Å². The summed E-state index contributed by atoms with van der Waals surface area (Å²) in [7, 11) is 0. The Labute approximate surface area is 94.2 Å². The summed E-state index contributed by atoms with van der Waals surface area (Å²) in [6.07, 6.45) is 4.29. The van der Waals surface area contributed by atoms with Gasteiger partial charge in [-0.05, 0) is 25.5 Å². The molecule has 0 saturated heterocycles. The van der Waals surface area contributed by atoms with E-state index in [1.165, 1.54) is 0 Å². The molecule has 0 spiro atoms. The standard InChI is InChI=1S/C13H14N2O/c1-3-10-7-12(9(2)15-13(10)16)11-5-4-6-14-8-11/h4-8H,3H2,1-2H3,(H,15,16). The summed E-state index contributed by atoms with van der Waals surface area (Å²) >= 11 is 0. The van der Waals surface area contributed by atoms with E-state index in [4.69, 9.17) is 0 Å². The molecule has 2 heterocycles. The van der Waals surface area contributed by atoms with Crippen molar-refractivity contribution >= 4 is 0 Å². The first-order chi connectivity index (χ1) is 7.72. The molecule has 0 aliphatic rings. The average molecular weight is 214 g/mol. The van der Waals surface area contributed by atoms with E-state index in [-0.39, 0.29) is 5.56 Å².